The average Bonchev–Trinajstić information content (AvgIpc) is 2.57. The molecule has 0 bridgehead atoms. The van der Waals surface area contributed by atoms with Gasteiger partial charge in [0.2, 0.25) is 0 Å². The van der Waals surface area contributed by atoms with E-state index in [1.165, 1.54) is 0 Å². The number of amides is 1. The van der Waals surface area contributed by atoms with Gasteiger partial charge in [-0.3, -0.25) is 10.3 Å². The second kappa shape index (κ2) is 6.53. The molecule has 2 aromatic heterocycles. The number of nitrogens with one attached hydrogen (secondary N) is 1. The van der Waals surface area contributed by atoms with Crippen LogP contribution in [0.1, 0.15) is 5.56 Å². The molecule has 5 nitrogen and oxygen atoms in total. The van der Waals surface area contributed by atoms with Gasteiger partial charge in [-0.05, 0) is 33.6 Å². The van der Waals surface area contributed by atoms with Gasteiger partial charge in [0.15, 0.2) is 5.82 Å². The summed E-state index contributed by atoms with van der Waals surface area (Å²) < 4.78 is 6.00. The highest BCUT2D eigenvalue weighted by Gasteiger charge is 2.11. The van der Waals surface area contributed by atoms with Crippen LogP contribution in [0.3, 0.4) is 0 Å². The highest BCUT2D eigenvalue weighted by Crippen LogP contribution is 2.26. The van der Waals surface area contributed by atoms with Crippen molar-refractivity contribution in [1.29, 1.82) is 0 Å². The smallest absolute Gasteiger partial charge is 0.413 e. The quantitative estimate of drug-likeness (QED) is 0.764. The summed E-state index contributed by atoms with van der Waals surface area (Å²) in [6.45, 7) is 0.203. The predicted octanol–water partition coefficient (Wildman–Crippen LogP) is 4.14. The number of ether oxygens (including phenoxy) is 1. The molecule has 2 heterocycles. The van der Waals surface area contributed by atoms with Crippen LogP contribution >= 0.6 is 15.9 Å². The lowest BCUT2D eigenvalue weighted by Crippen LogP contribution is -2.15. The van der Waals surface area contributed by atoms with E-state index in [1.807, 2.05) is 42.5 Å². The Morgan fingerprint density at radius 2 is 1.95 bits per heavy atom. The SMILES string of the molecule is O=C(Nc1ncc(Br)c2cccnc12)OCc1ccccc1. The van der Waals surface area contributed by atoms with E-state index in [9.17, 15) is 4.79 Å². The molecule has 0 aliphatic heterocycles. The molecule has 110 valence electrons. The summed E-state index contributed by atoms with van der Waals surface area (Å²) in [6.07, 6.45) is 2.71. The van der Waals surface area contributed by atoms with Crippen LogP contribution in [0.2, 0.25) is 0 Å². The lowest BCUT2D eigenvalue weighted by atomic mass is 10.2. The van der Waals surface area contributed by atoms with Crippen molar-refractivity contribution in [3.05, 3.63) is 64.9 Å². The van der Waals surface area contributed by atoms with Crippen LogP contribution in [-0.2, 0) is 11.3 Å². The lowest BCUT2D eigenvalue weighted by molar-refractivity contribution is 0.155. The fourth-order valence-electron chi connectivity index (χ4n) is 1.99. The molecule has 3 aromatic rings. The number of hydrogen-bond donors (Lipinski definition) is 1. The van der Waals surface area contributed by atoms with Crippen molar-refractivity contribution in [3.8, 4) is 0 Å². The number of hydrogen-bond acceptors (Lipinski definition) is 4. The number of nitrogens with zero attached hydrogens (tertiary/aromatic N) is 2. The van der Waals surface area contributed by atoms with E-state index in [4.69, 9.17) is 4.74 Å². The van der Waals surface area contributed by atoms with Crippen molar-refractivity contribution in [1.82, 2.24) is 9.97 Å². The number of carbonyl (C=O) groups is 1. The number of anilines is 1. The minimum absolute atomic E-state index is 0.203. The van der Waals surface area contributed by atoms with E-state index >= 15 is 0 Å². The maximum Gasteiger partial charge on any atom is 0.413 e. The molecule has 0 atom stereocenters. The highest BCUT2D eigenvalue weighted by atomic mass is 79.9. The second-order valence-corrected chi connectivity index (χ2v) is 5.40. The van der Waals surface area contributed by atoms with Crippen LogP contribution < -0.4 is 5.32 Å². The minimum atomic E-state index is -0.564. The average molecular weight is 358 g/mol. The zero-order chi connectivity index (χ0) is 15.4. The van der Waals surface area contributed by atoms with Crippen LogP contribution in [-0.4, -0.2) is 16.1 Å². The summed E-state index contributed by atoms with van der Waals surface area (Å²) in [7, 11) is 0. The first kappa shape index (κ1) is 14.5. The molecule has 0 spiro atoms. The van der Waals surface area contributed by atoms with Crippen molar-refractivity contribution in [3.63, 3.8) is 0 Å². The van der Waals surface area contributed by atoms with Gasteiger partial charge in [-0.2, -0.15) is 0 Å². The second-order valence-electron chi connectivity index (χ2n) is 4.54. The zero-order valence-corrected chi connectivity index (χ0v) is 13.1. The van der Waals surface area contributed by atoms with E-state index in [1.54, 1.807) is 12.4 Å². The van der Waals surface area contributed by atoms with E-state index in [0.29, 0.717) is 11.3 Å². The maximum atomic E-state index is 11.9. The Balaban J connectivity index is 1.73. The Bertz CT molecular complexity index is 809. The molecular formula is C16H12BrN3O2. The number of pyridine rings is 2. The van der Waals surface area contributed by atoms with Gasteiger partial charge in [0.1, 0.15) is 12.1 Å². The number of rotatable bonds is 3. The molecule has 0 aliphatic carbocycles. The normalized spacial score (nSPS) is 10.4. The van der Waals surface area contributed by atoms with Crippen LogP contribution in [0.5, 0.6) is 0 Å². The van der Waals surface area contributed by atoms with E-state index in [0.717, 1.165) is 15.4 Å². The van der Waals surface area contributed by atoms with Gasteiger partial charge >= 0.3 is 6.09 Å². The Kier molecular flexibility index (Phi) is 4.29. The Hall–Kier alpha value is -2.47. The number of carbonyl (C=O) groups excluding carboxylic acids is 1. The van der Waals surface area contributed by atoms with E-state index in [-0.39, 0.29) is 6.61 Å². The predicted molar refractivity (Wildman–Crippen MR) is 87.5 cm³/mol. The fourth-order valence-corrected chi connectivity index (χ4v) is 2.41. The van der Waals surface area contributed by atoms with E-state index < -0.39 is 6.09 Å². The monoisotopic (exact) mass is 357 g/mol. The van der Waals surface area contributed by atoms with E-state index in [2.05, 4.69) is 31.2 Å². The highest BCUT2D eigenvalue weighted by molar-refractivity contribution is 9.10. The molecule has 0 unspecified atom stereocenters. The van der Waals surface area contributed by atoms with Gasteiger partial charge in [-0.1, -0.05) is 30.3 Å². The van der Waals surface area contributed by atoms with Crippen molar-refractivity contribution in [2.24, 2.45) is 0 Å². The summed E-state index contributed by atoms with van der Waals surface area (Å²) >= 11 is 3.41. The summed E-state index contributed by atoms with van der Waals surface area (Å²) in [4.78, 5) is 20.3. The number of benzene rings is 1. The standard InChI is InChI=1S/C16H12BrN3O2/c17-13-9-19-15(14-12(13)7-4-8-18-14)20-16(21)22-10-11-5-2-1-3-6-11/h1-9H,10H2,(H,19,20,21). The van der Waals surface area contributed by atoms with Crippen molar-refractivity contribution < 1.29 is 9.53 Å². The summed E-state index contributed by atoms with van der Waals surface area (Å²) in [5.74, 6) is 0.372. The van der Waals surface area contributed by atoms with Crippen LogP contribution in [0.15, 0.2) is 59.3 Å². The molecule has 0 radical (unpaired) electrons. The Morgan fingerprint density at radius 3 is 2.77 bits per heavy atom. The van der Waals surface area contributed by atoms with Crippen LogP contribution in [0, 0.1) is 0 Å². The van der Waals surface area contributed by atoms with Gasteiger partial charge in [-0.25, -0.2) is 9.78 Å². The molecule has 0 fully saturated rings. The van der Waals surface area contributed by atoms with Crippen LogP contribution in [0.4, 0.5) is 10.6 Å². The molecular weight excluding hydrogens is 346 g/mol. The molecule has 1 N–H and O–H groups in total. The van der Waals surface area contributed by atoms with Crippen molar-refractivity contribution >= 4 is 38.7 Å². The largest absolute Gasteiger partial charge is 0.444 e. The third-order valence-corrected chi connectivity index (χ3v) is 3.66. The van der Waals surface area contributed by atoms with Gasteiger partial charge < -0.3 is 4.74 Å². The first-order valence-electron chi connectivity index (χ1n) is 6.61. The summed E-state index contributed by atoms with van der Waals surface area (Å²) in [6, 6.07) is 13.2. The third kappa shape index (κ3) is 3.23. The van der Waals surface area contributed by atoms with Crippen molar-refractivity contribution in [2.45, 2.75) is 6.61 Å². The lowest BCUT2D eigenvalue weighted by Gasteiger charge is -2.09. The Morgan fingerprint density at radius 1 is 1.14 bits per heavy atom. The number of aromatic nitrogens is 2. The van der Waals surface area contributed by atoms with Gasteiger partial charge in [-0.15, -0.1) is 0 Å². The number of fused-ring (bicyclic) bond motifs is 1. The first-order chi connectivity index (χ1) is 10.7. The van der Waals surface area contributed by atoms with Gasteiger partial charge in [0.05, 0.1) is 0 Å². The van der Waals surface area contributed by atoms with Crippen molar-refractivity contribution in [2.75, 3.05) is 5.32 Å². The third-order valence-electron chi connectivity index (χ3n) is 3.03. The Labute approximate surface area is 135 Å². The molecule has 0 saturated carbocycles. The molecule has 6 heteroatoms. The zero-order valence-electron chi connectivity index (χ0n) is 11.5. The molecule has 22 heavy (non-hydrogen) atoms. The molecule has 3 rings (SSSR count). The molecule has 0 saturated heterocycles. The van der Waals surface area contributed by atoms with Crippen LogP contribution in [0.25, 0.3) is 10.9 Å². The van der Waals surface area contributed by atoms with Gasteiger partial charge in [0, 0.05) is 22.3 Å². The number of halogens is 1. The topological polar surface area (TPSA) is 64.1 Å². The summed E-state index contributed by atoms with van der Waals surface area (Å²) in [5.41, 5.74) is 1.53. The minimum Gasteiger partial charge on any atom is -0.444 e. The first-order valence-corrected chi connectivity index (χ1v) is 7.40. The van der Waals surface area contributed by atoms with Gasteiger partial charge in [0.25, 0.3) is 0 Å². The molecule has 0 aliphatic rings. The molecule has 1 aromatic carbocycles. The maximum absolute atomic E-state index is 11.9. The fraction of sp³-hybridized carbons (Fsp3) is 0.0625. The summed E-state index contributed by atoms with van der Waals surface area (Å²) in [5, 5.41) is 3.50. The molecule has 1 amide bonds.